The zero-order chi connectivity index (χ0) is 20.1. The molecule has 0 fully saturated rings. The van der Waals surface area contributed by atoms with Crippen LogP contribution in [-0.2, 0) is 4.74 Å². The van der Waals surface area contributed by atoms with E-state index in [1.807, 2.05) is 12.1 Å². The van der Waals surface area contributed by atoms with Crippen LogP contribution in [0.15, 0.2) is 48.5 Å². The summed E-state index contributed by atoms with van der Waals surface area (Å²) in [5.74, 6) is 0.752. The molecule has 0 saturated heterocycles. The molecular weight excluding hydrogens is 380 g/mol. The van der Waals surface area contributed by atoms with Crippen molar-refractivity contribution in [3.05, 3.63) is 64.8 Å². The molecule has 0 aliphatic carbocycles. The zero-order valence-corrected chi connectivity index (χ0v) is 16.5. The van der Waals surface area contributed by atoms with Gasteiger partial charge in [-0.25, -0.2) is 4.79 Å². The summed E-state index contributed by atoms with van der Waals surface area (Å²) in [7, 11) is 1.59. The number of ether oxygens (including phenoxy) is 3. The van der Waals surface area contributed by atoms with Crippen LogP contribution in [0.5, 0.6) is 17.5 Å². The van der Waals surface area contributed by atoms with E-state index in [1.54, 1.807) is 57.4 Å². The van der Waals surface area contributed by atoms with Crippen molar-refractivity contribution in [1.82, 2.24) is 9.97 Å². The van der Waals surface area contributed by atoms with Crippen LogP contribution < -0.4 is 9.47 Å². The Hall–Kier alpha value is -3.12. The van der Waals surface area contributed by atoms with E-state index in [2.05, 4.69) is 9.97 Å². The fourth-order valence-electron chi connectivity index (χ4n) is 2.61. The fraction of sp³-hybridized carbons (Fsp3) is 0.190. The monoisotopic (exact) mass is 398 g/mol. The second kappa shape index (κ2) is 8.71. The van der Waals surface area contributed by atoms with E-state index in [1.165, 1.54) is 0 Å². The van der Waals surface area contributed by atoms with Crippen molar-refractivity contribution in [3.63, 3.8) is 0 Å². The fourth-order valence-corrected chi connectivity index (χ4v) is 2.73. The Balaban J connectivity index is 2.07. The van der Waals surface area contributed by atoms with Gasteiger partial charge in [0.1, 0.15) is 17.1 Å². The molecule has 0 unspecified atom stereocenters. The molecule has 144 valence electrons. The zero-order valence-electron chi connectivity index (χ0n) is 15.7. The minimum absolute atomic E-state index is 0.124. The predicted molar refractivity (Wildman–Crippen MR) is 106 cm³/mol. The van der Waals surface area contributed by atoms with Crippen molar-refractivity contribution in [2.45, 2.75) is 13.8 Å². The first-order valence-electron chi connectivity index (χ1n) is 8.65. The Morgan fingerprint density at radius 2 is 1.64 bits per heavy atom. The molecular formula is C21H19ClN2O4. The minimum Gasteiger partial charge on any atom is -0.497 e. The number of hydrogen-bond acceptors (Lipinski definition) is 6. The molecule has 0 N–H and O–H groups in total. The van der Waals surface area contributed by atoms with E-state index in [0.717, 1.165) is 5.56 Å². The standard InChI is InChI=1S/C21H19ClN2O4/c1-4-27-20(25)18-13(2)23-21(28-17-11-7-15(22)8-12-17)24-19(18)14-5-9-16(26-3)10-6-14/h5-12H,4H2,1-3H3. The van der Waals surface area contributed by atoms with E-state index in [-0.39, 0.29) is 12.6 Å². The molecule has 0 aliphatic heterocycles. The summed E-state index contributed by atoms with van der Waals surface area (Å²) in [5.41, 5.74) is 1.91. The number of carbonyl (C=O) groups excluding carboxylic acids is 1. The van der Waals surface area contributed by atoms with Crippen molar-refractivity contribution >= 4 is 17.6 Å². The summed E-state index contributed by atoms with van der Waals surface area (Å²) >= 11 is 5.91. The number of nitrogens with zero attached hydrogens (tertiary/aromatic N) is 2. The quantitative estimate of drug-likeness (QED) is 0.539. The van der Waals surface area contributed by atoms with Gasteiger partial charge in [0.25, 0.3) is 0 Å². The van der Waals surface area contributed by atoms with Gasteiger partial charge >= 0.3 is 12.0 Å². The summed E-state index contributed by atoms with van der Waals surface area (Å²) in [6.45, 7) is 3.72. The van der Waals surface area contributed by atoms with Gasteiger partial charge in [-0.2, -0.15) is 9.97 Å². The molecule has 28 heavy (non-hydrogen) atoms. The molecule has 1 aromatic heterocycles. The van der Waals surface area contributed by atoms with Gasteiger partial charge in [0.05, 0.1) is 25.1 Å². The van der Waals surface area contributed by atoms with Crippen molar-refractivity contribution < 1.29 is 19.0 Å². The van der Waals surface area contributed by atoms with E-state index >= 15 is 0 Å². The lowest BCUT2D eigenvalue weighted by atomic mass is 10.0. The highest BCUT2D eigenvalue weighted by Crippen LogP contribution is 2.29. The third-order valence-electron chi connectivity index (χ3n) is 3.94. The highest BCUT2D eigenvalue weighted by Gasteiger charge is 2.22. The Morgan fingerprint density at radius 3 is 2.25 bits per heavy atom. The van der Waals surface area contributed by atoms with Crippen LogP contribution >= 0.6 is 11.6 Å². The van der Waals surface area contributed by atoms with E-state index < -0.39 is 5.97 Å². The molecule has 7 heteroatoms. The van der Waals surface area contributed by atoms with Crippen molar-refractivity contribution in [3.8, 4) is 28.8 Å². The van der Waals surface area contributed by atoms with Crippen LogP contribution in [0.25, 0.3) is 11.3 Å². The molecule has 0 amide bonds. The Bertz CT molecular complexity index is 973. The van der Waals surface area contributed by atoms with Crippen molar-refractivity contribution in [2.75, 3.05) is 13.7 Å². The minimum atomic E-state index is -0.483. The van der Waals surface area contributed by atoms with Crippen LogP contribution in [0.2, 0.25) is 5.02 Å². The lowest BCUT2D eigenvalue weighted by Gasteiger charge is -2.13. The maximum absolute atomic E-state index is 12.5. The van der Waals surface area contributed by atoms with Crippen LogP contribution in [0, 0.1) is 6.92 Å². The Labute approximate surface area is 168 Å². The number of aromatic nitrogens is 2. The Morgan fingerprint density at radius 1 is 1.00 bits per heavy atom. The summed E-state index contributed by atoms with van der Waals surface area (Å²) in [6, 6.07) is 14.2. The smallest absolute Gasteiger partial charge is 0.342 e. The molecule has 1 heterocycles. The summed E-state index contributed by atoms with van der Waals surface area (Å²) in [4.78, 5) is 21.3. The molecule has 0 spiro atoms. The van der Waals surface area contributed by atoms with Gasteiger partial charge in [-0.15, -0.1) is 0 Å². The normalized spacial score (nSPS) is 10.4. The Kier molecular flexibility index (Phi) is 6.11. The maximum atomic E-state index is 12.5. The van der Waals surface area contributed by atoms with E-state index in [4.69, 9.17) is 25.8 Å². The van der Waals surface area contributed by atoms with Crippen molar-refractivity contribution in [1.29, 1.82) is 0 Å². The summed E-state index contributed by atoms with van der Waals surface area (Å²) < 4.78 is 16.1. The lowest BCUT2D eigenvalue weighted by molar-refractivity contribution is 0.0525. The van der Waals surface area contributed by atoms with E-state index in [9.17, 15) is 4.79 Å². The second-order valence-electron chi connectivity index (χ2n) is 5.82. The number of aryl methyl sites for hydroxylation is 1. The van der Waals surface area contributed by atoms with Gasteiger partial charge in [0, 0.05) is 10.6 Å². The van der Waals surface area contributed by atoms with Gasteiger partial charge < -0.3 is 14.2 Å². The molecule has 0 aliphatic rings. The average Bonchev–Trinajstić information content (AvgIpc) is 2.69. The first-order valence-corrected chi connectivity index (χ1v) is 9.03. The number of halogens is 1. The number of carbonyl (C=O) groups is 1. The molecule has 0 saturated carbocycles. The number of rotatable bonds is 6. The molecule has 6 nitrogen and oxygen atoms in total. The van der Waals surface area contributed by atoms with Crippen LogP contribution in [0.1, 0.15) is 23.0 Å². The van der Waals surface area contributed by atoms with Crippen LogP contribution in [-0.4, -0.2) is 29.7 Å². The van der Waals surface area contributed by atoms with Gasteiger partial charge in [0.15, 0.2) is 0 Å². The molecule has 0 radical (unpaired) electrons. The summed E-state index contributed by atoms with van der Waals surface area (Å²) in [6.07, 6.45) is 0. The highest BCUT2D eigenvalue weighted by atomic mass is 35.5. The second-order valence-corrected chi connectivity index (χ2v) is 6.26. The van der Waals surface area contributed by atoms with Gasteiger partial charge in [-0.05, 0) is 62.4 Å². The summed E-state index contributed by atoms with van der Waals surface area (Å²) in [5, 5.41) is 0.598. The van der Waals surface area contributed by atoms with Gasteiger partial charge in [-0.1, -0.05) is 11.6 Å². The molecule has 3 aromatic rings. The highest BCUT2D eigenvalue weighted by molar-refractivity contribution is 6.30. The molecule has 3 rings (SSSR count). The molecule has 0 bridgehead atoms. The molecule has 2 aromatic carbocycles. The van der Waals surface area contributed by atoms with Crippen LogP contribution in [0.3, 0.4) is 0 Å². The predicted octanol–water partition coefficient (Wildman–Crippen LogP) is 5.08. The third-order valence-corrected chi connectivity index (χ3v) is 4.19. The number of methoxy groups -OCH3 is 1. The third kappa shape index (κ3) is 4.40. The number of hydrogen-bond donors (Lipinski definition) is 0. The van der Waals surface area contributed by atoms with Crippen molar-refractivity contribution in [2.24, 2.45) is 0 Å². The van der Waals surface area contributed by atoms with Gasteiger partial charge in [0.2, 0.25) is 0 Å². The number of esters is 1. The van der Waals surface area contributed by atoms with E-state index in [0.29, 0.717) is 33.5 Å². The largest absolute Gasteiger partial charge is 0.497 e. The topological polar surface area (TPSA) is 70.5 Å². The average molecular weight is 399 g/mol. The number of benzene rings is 2. The lowest BCUT2D eigenvalue weighted by Crippen LogP contribution is -2.12. The first kappa shape index (κ1) is 19.6. The molecule has 0 atom stereocenters. The first-order chi connectivity index (χ1) is 13.5. The van der Waals surface area contributed by atoms with Crippen LogP contribution in [0.4, 0.5) is 0 Å². The van der Waals surface area contributed by atoms with Gasteiger partial charge in [-0.3, -0.25) is 0 Å². The SMILES string of the molecule is CCOC(=O)c1c(C)nc(Oc2ccc(Cl)cc2)nc1-c1ccc(OC)cc1. The maximum Gasteiger partial charge on any atom is 0.342 e.